The topological polar surface area (TPSA) is 71.1 Å². The number of thiocarbonyl (C=S) groups is 1. The summed E-state index contributed by atoms with van der Waals surface area (Å²) in [6.07, 6.45) is 4.37. The van der Waals surface area contributed by atoms with E-state index < -0.39 is 0 Å². The summed E-state index contributed by atoms with van der Waals surface area (Å²) in [5, 5.41) is 23.1. The van der Waals surface area contributed by atoms with E-state index in [2.05, 4.69) is 22.5 Å². The Kier molecular flexibility index (Phi) is 5.99. The largest absolute Gasteiger partial charge is 0.493 e. The molecule has 1 fully saturated rings. The van der Waals surface area contributed by atoms with E-state index in [4.69, 9.17) is 17.0 Å². The summed E-state index contributed by atoms with van der Waals surface area (Å²) in [6.45, 7) is 4.33. The molecule has 3 rings (SSSR count). The van der Waals surface area contributed by atoms with Crippen LogP contribution in [0.4, 0.5) is 5.69 Å². The van der Waals surface area contributed by atoms with Gasteiger partial charge in [0.2, 0.25) is 11.0 Å². The summed E-state index contributed by atoms with van der Waals surface area (Å²) < 4.78 is 7.43. The molecule has 134 valence electrons. The highest BCUT2D eigenvalue weighted by Gasteiger charge is 2.17. The van der Waals surface area contributed by atoms with Gasteiger partial charge < -0.3 is 19.7 Å². The van der Waals surface area contributed by atoms with Crippen LogP contribution in [0.5, 0.6) is 5.88 Å². The number of rotatable bonds is 6. The van der Waals surface area contributed by atoms with Gasteiger partial charge in [-0.2, -0.15) is 0 Å². The standard InChI is InChI=1S/C18H24N4O2S/c1-2-3-10-22-15-9-5-4-8-14(15)16(17(22)23)20-21-18(25)19-12-13-7-6-11-24-13/h4-5,8-9,13,23H,2-3,6-7,10-12H2,1H3,(H,19,25)/t13-/m0/s1. The molecule has 1 saturated heterocycles. The highest BCUT2D eigenvalue weighted by molar-refractivity contribution is 7.80. The third-order valence-electron chi connectivity index (χ3n) is 4.40. The minimum Gasteiger partial charge on any atom is -0.493 e. The van der Waals surface area contributed by atoms with Crippen molar-refractivity contribution in [2.75, 3.05) is 13.2 Å². The highest BCUT2D eigenvalue weighted by Crippen LogP contribution is 2.38. The van der Waals surface area contributed by atoms with Gasteiger partial charge in [0, 0.05) is 25.1 Å². The highest BCUT2D eigenvalue weighted by atomic mass is 32.1. The second-order valence-electron chi connectivity index (χ2n) is 6.22. The molecule has 0 radical (unpaired) electrons. The maximum Gasteiger partial charge on any atom is 0.220 e. The molecule has 0 spiro atoms. The summed E-state index contributed by atoms with van der Waals surface area (Å²) in [6, 6.07) is 7.81. The zero-order chi connectivity index (χ0) is 17.6. The average Bonchev–Trinajstić information content (AvgIpc) is 3.23. The smallest absolute Gasteiger partial charge is 0.220 e. The van der Waals surface area contributed by atoms with Crippen LogP contribution in [-0.4, -0.2) is 34.0 Å². The van der Waals surface area contributed by atoms with Crippen molar-refractivity contribution in [2.45, 2.75) is 45.3 Å². The van der Waals surface area contributed by atoms with Gasteiger partial charge in [0.05, 0.1) is 11.6 Å². The van der Waals surface area contributed by atoms with Gasteiger partial charge in [0.25, 0.3) is 0 Å². The Hall–Kier alpha value is -1.99. The second kappa shape index (κ2) is 8.40. The molecule has 2 aromatic rings. The number of para-hydroxylation sites is 1. The number of aromatic nitrogens is 1. The van der Waals surface area contributed by atoms with E-state index in [1.54, 1.807) is 0 Å². The van der Waals surface area contributed by atoms with Crippen LogP contribution < -0.4 is 5.32 Å². The molecule has 0 aliphatic carbocycles. The summed E-state index contributed by atoms with van der Waals surface area (Å²) in [4.78, 5) is 0. The van der Waals surface area contributed by atoms with Gasteiger partial charge in [-0.1, -0.05) is 31.5 Å². The number of benzene rings is 1. The van der Waals surface area contributed by atoms with E-state index >= 15 is 0 Å². The monoisotopic (exact) mass is 360 g/mol. The van der Waals surface area contributed by atoms with Crippen LogP contribution in [0.2, 0.25) is 0 Å². The van der Waals surface area contributed by atoms with Crippen molar-refractivity contribution in [3.8, 4) is 5.88 Å². The van der Waals surface area contributed by atoms with E-state index in [0.29, 0.717) is 17.3 Å². The zero-order valence-electron chi connectivity index (χ0n) is 14.4. The van der Waals surface area contributed by atoms with Crippen LogP contribution in [-0.2, 0) is 11.3 Å². The van der Waals surface area contributed by atoms with Crippen molar-refractivity contribution in [1.29, 1.82) is 0 Å². The van der Waals surface area contributed by atoms with Crippen molar-refractivity contribution < 1.29 is 9.84 Å². The normalized spacial score (nSPS) is 17.6. The van der Waals surface area contributed by atoms with Crippen molar-refractivity contribution >= 4 is 33.9 Å². The molecule has 1 aromatic heterocycles. The minimum atomic E-state index is 0.139. The number of hydrogen-bond acceptors (Lipinski definition) is 4. The number of fused-ring (bicyclic) bond motifs is 1. The Labute approximate surface area is 152 Å². The molecule has 0 bridgehead atoms. The molecule has 2 heterocycles. The minimum absolute atomic E-state index is 0.139. The van der Waals surface area contributed by atoms with Gasteiger partial charge in [0.15, 0.2) is 5.69 Å². The number of nitrogens with zero attached hydrogens (tertiary/aromatic N) is 3. The predicted molar refractivity (Wildman–Crippen MR) is 103 cm³/mol. The molecule has 1 aromatic carbocycles. The zero-order valence-corrected chi connectivity index (χ0v) is 15.3. The van der Waals surface area contributed by atoms with E-state index in [1.165, 1.54) is 0 Å². The molecule has 0 saturated carbocycles. The molecule has 1 atom stereocenters. The molecular weight excluding hydrogens is 336 g/mol. The third kappa shape index (κ3) is 4.16. The Balaban J connectivity index is 1.75. The van der Waals surface area contributed by atoms with Crippen LogP contribution in [0.1, 0.15) is 32.6 Å². The van der Waals surface area contributed by atoms with Crippen molar-refractivity contribution in [3.05, 3.63) is 24.3 Å². The maximum absolute atomic E-state index is 10.6. The van der Waals surface area contributed by atoms with Crippen LogP contribution in [0.15, 0.2) is 34.5 Å². The lowest BCUT2D eigenvalue weighted by atomic mass is 10.2. The average molecular weight is 360 g/mol. The lowest BCUT2D eigenvalue weighted by Gasteiger charge is -2.09. The number of unbranched alkanes of at least 4 members (excludes halogenated alkanes) is 1. The molecule has 25 heavy (non-hydrogen) atoms. The molecule has 2 N–H and O–H groups in total. The number of aromatic hydroxyl groups is 1. The Morgan fingerprint density at radius 3 is 3.04 bits per heavy atom. The first-order valence-corrected chi connectivity index (χ1v) is 9.23. The van der Waals surface area contributed by atoms with Crippen molar-refractivity contribution in [1.82, 2.24) is 9.88 Å². The summed E-state index contributed by atoms with van der Waals surface area (Å²) in [5.74, 6) is 0.139. The third-order valence-corrected chi connectivity index (χ3v) is 4.62. The lowest BCUT2D eigenvalue weighted by Crippen LogP contribution is -2.29. The number of azo groups is 1. The van der Waals surface area contributed by atoms with E-state index in [1.807, 2.05) is 28.8 Å². The fourth-order valence-corrected chi connectivity index (χ4v) is 3.17. The Bertz CT molecular complexity index is 766. The molecule has 1 aliphatic heterocycles. The van der Waals surface area contributed by atoms with Crippen LogP contribution in [0.25, 0.3) is 10.9 Å². The quantitative estimate of drug-likeness (QED) is 0.596. The van der Waals surface area contributed by atoms with Gasteiger partial charge >= 0.3 is 0 Å². The van der Waals surface area contributed by atoms with Gasteiger partial charge in [-0.15, -0.1) is 10.2 Å². The number of aryl methyl sites for hydroxylation is 1. The van der Waals surface area contributed by atoms with Gasteiger partial charge in [-0.25, -0.2) is 0 Å². The predicted octanol–water partition coefficient (Wildman–Crippen LogP) is 4.28. The fourth-order valence-electron chi connectivity index (χ4n) is 3.05. The second-order valence-corrected chi connectivity index (χ2v) is 6.60. The number of nitrogens with one attached hydrogen (secondary N) is 1. The van der Waals surface area contributed by atoms with Crippen LogP contribution in [0.3, 0.4) is 0 Å². The van der Waals surface area contributed by atoms with Gasteiger partial charge in [-0.05, 0) is 37.5 Å². The summed E-state index contributed by atoms with van der Waals surface area (Å²) >= 11 is 5.22. The maximum atomic E-state index is 10.6. The van der Waals surface area contributed by atoms with Crippen molar-refractivity contribution in [2.24, 2.45) is 10.2 Å². The first kappa shape index (κ1) is 17.8. The van der Waals surface area contributed by atoms with Gasteiger partial charge in [0.1, 0.15) is 0 Å². The van der Waals surface area contributed by atoms with Crippen LogP contribution in [0, 0.1) is 0 Å². The van der Waals surface area contributed by atoms with E-state index in [9.17, 15) is 5.11 Å². The van der Waals surface area contributed by atoms with Crippen LogP contribution >= 0.6 is 12.2 Å². The van der Waals surface area contributed by atoms with E-state index in [0.717, 1.165) is 49.7 Å². The molecule has 7 heteroatoms. The molecule has 6 nitrogen and oxygen atoms in total. The molecule has 0 amide bonds. The first-order chi connectivity index (χ1) is 12.2. The number of ether oxygens (including phenoxy) is 1. The lowest BCUT2D eigenvalue weighted by molar-refractivity contribution is 0.114. The summed E-state index contributed by atoms with van der Waals surface area (Å²) in [7, 11) is 0. The summed E-state index contributed by atoms with van der Waals surface area (Å²) in [5.41, 5.74) is 1.42. The molecular formula is C18H24N4O2S. The van der Waals surface area contributed by atoms with Crippen molar-refractivity contribution in [3.63, 3.8) is 0 Å². The fraction of sp³-hybridized carbons (Fsp3) is 0.500. The Morgan fingerprint density at radius 1 is 1.44 bits per heavy atom. The molecule has 0 unspecified atom stereocenters. The first-order valence-electron chi connectivity index (χ1n) is 8.82. The SMILES string of the molecule is CCCCn1c(O)c(N=NC(=S)NC[C@@H]2CCCO2)c2ccccc21. The van der Waals surface area contributed by atoms with Gasteiger partial charge in [-0.3, -0.25) is 0 Å². The number of hydrogen-bond donors (Lipinski definition) is 2. The van der Waals surface area contributed by atoms with E-state index in [-0.39, 0.29) is 12.0 Å². The molecule has 1 aliphatic rings. The Morgan fingerprint density at radius 2 is 2.28 bits per heavy atom.